The Hall–Kier alpha value is -0.353. The van der Waals surface area contributed by atoms with Crippen molar-refractivity contribution in [2.75, 3.05) is 6.61 Å². The summed E-state index contributed by atoms with van der Waals surface area (Å²) in [5.41, 5.74) is -0.0232. The molecule has 3 nitrogen and oxygen atoms in total. The maximum atomic E-state index is 10.8. The van der Waals surface area contributed by atoms with Crippen LogP contribution in [-0.4, -0.2) is 26.6 Å². The standard InChI is InChI=1S/C9H20O3Si/c1-6-9(12-8(3)10)13(4,5)11-7-2/h9H,6-7H2,1-5H3. The summed E-state index contributed by atoms with van der Waals surface area (Å²) in [7, 11) is -1.84. The maximum absolute atomic E-state index is 10.8. The summed E-state index contributed by atoms with van der Waals surface area (Å²) in [6.45, 7) is 10.3. The van der Waals surface area contributed by atoms with E-state index in [2.05, 4.69) is 13.1 Å². The van der Waals surface area contributed by atoms with E-state index in [-0.39, 0.29) is 11.7 Å². The van der Waals surface area contributed by atoms with Gasteiger partial charge in [0.05, 0.1) is 0 Å². The third-order valence-electron chi connectivity index (χ3n) is 1.97. The summed E-state index contributed by atoms with van der Waals surface area (Å²) >= 11 is 0. The number of ether oxygens (including phenoxy) is 1. The molecule has 0 amide bonds. The molecule has 0 N–H and O–H groups in total. The number of carbonyl (C=O) groups is 1. The highest BCUT2D eigenvalue weighted by Gasteiger charge is 2.34. The lowest BCUT2D eigenvalue weighted by atomic mass is 10.5. The molecule has 4 heteroatoms. The fourth-order valence-corrected chi connectivity index (χ4v) is 3.74. The smallest absolute Gasteiger partial charge is 0.302 e. The van der Waals surface area contributed by atoms with Crippen molar-refractivity contribution in [3.63, 3.8) is 0 Å². The molecule has 0 aliphatic carbocycles. The minimum atomic E-state index is -1.84. The fourth-order valence-electron chi connectivity index (χ4n) is 1.38. The zero-order valence-corrected chi connectivity index (χ0v) is 10.2. The Morgan fingerprint density at radius 1 is 1.38 bits per heavy atom. The van der Waals surface area contributed by atoms with Crippen molar-refractivity contribution in [1.29, 1.82) is 0 Å². The average Bonchev–Trinajstić information content (AvgIpc) is 1.99. The van der Waals surface area contributed by atoms with Crippen LogP contribution in [0.5, 0.6) is 0 Å². The average molecular weight is 204 g/mol. The van der Waals surface area contributed by atoms with Gasteiger partial charge in [-0.25, -0.2) is 0 Å². The molecule has 0 heterocycles. The van der Waals surface area contributed by atoms with Crippen molar-refractivity contribution >= 4 is 14.3 Å². The largest absolute Gasteiger partial charge is 0.463 e. The zero-order chi connectivity index (χ0) is 10.5. The molecule has 0 fully saturated rings. The first kappa shape index (κ1) is 12.6. The molecule has 0 aliphatic rings. The highest BCUT2D eigenvalue weighted by Crippen LogP contribution is 2.16. The number of esters is 1. The van der Waals surface area contributed by atoms with Crippen LogP contribution >= 0.6 is 0 Å². The SMILES string of the molecule is CCO[Si](C)(C)C(CC)OC(C)=O. The number of carbonyl (C=O) groups excluding carboxylic acids is 1. The molecule has 1 atom stereocenters. The highest BCUT2D eigenvalue weighted by atomic mass is 28.4. The highest BCUT2D eigenvalue weighted by molar-refractivity contribution is 6.72. The molecule has 13 heavy (non-hydrogen) atoms. The fraction of sp³-hybridized carbons (Fsp3) is 0.889. The van der Waals surface area contributed by atoms with E-state index in [1.54, 1.807) is 0 Å². The number of hydrogen-bond acceptors (Lipinski definition) is 3. The van der Waals surface area contributed by atoms with Gasteiger partial charge in [0.15, 0.2) is 0 Å². The molecule has 0 saturated carbocycles. The van der Waals surface area contributed by atoms with Crippen molar-refractivity contribution in [3.05, 3.63) is 0 Å². The molecule has 0 rings (SSSR count). The van der Waals surface area contributed by atoms with Gasteiger partial charge in [0, 0.05) is 13.5 Å². The van der Waals surface area contributed by atoms with E-state index < -0.39 is 8.32 Å². The number of rotatable bonds is 5. The van der Waals surface area contributed by atoms with Gasteiger partial charge in [0.2, 0.25) is 8.32 Å². The zero-order valence-electron chi connectivity index (χ0n) is 9.22. The first-order valence-corrected chi connectivity index (χ1v) is 7.73. The van der Waals surface area contributed by atoms with Crippen molar-refractivity contribution in [2.24, 2.45) is 0 Å². The minimum Gasteiger partial charge on any atom is -0.463 e. The van der Waals surface area contributed by atoms with E-state index >= 15 is 0 Å². The molecule has 0 bridgehead atoms. The number of hydrogen-bond donors (Lipinski definition) is 0. The summed E-state index contributed by atoms with van der Waals surface area (Å²) in [6.07, 6.45) is 0.832. The van der Waals surface area contributed by atoms with Gasteiger partial charge in [0.1, 0.15) is 5.73 Å². The van der Waals surface area contributed by atoms with Crippen LogP contribution < -0.4 is 0 Å². The van der Waals surface area contributed by atoms with Crippen molar-refractivity contribution in [1.82, 2.24) is 0 Å². The first-order chi connectivity index (χ1) is 5.94. The molecular formula is C9H20O3Si. The molecule has 0 radical (unpaired) electrons. The molecule has 0 spiro atoms. The summed E-state index contributed by atoms with van der Waals surface area (Å²) in [6, 6.07) is 0. The molecular weight excluding hydrogens is 184 g/mol. The Balaban J connectivity index is 4.27. The third-order valence-corrected chi connectivity index (χ3v) is 5.08. The van der Waals surface area contributed by atoms with Crippen LogP contribution in [0.25, 0.3) is 0 Å². The van der Waals surface area contributed by atoms with Gasteiger partial charge >= 0.3 is 5.97 Å². The topological polar surface area (TPSA) is 35.5 Å². The molecule has 0 aromatic rings. The second kappa shape index (κ2) is 5.39. The molecule has 0 aliphatic heterocycles. The van der Waals surface area contributed by atoms with Gasteiger partial charge in [-0.15, -0.1) is 0 Å². The van der Waals surface area contributed by atoms with Crippen LogP contribution in [0.3, 0.4) is 0 Å². The molecule has 0 aromatic carbocycles. The van der Waals surface area contributed by atoms with E-state index in [4.69, 9.17) is 9.16 Å². The van der Waals surface area contributed by atoms with Gasteiger partial charge in [0.25, 0.3) is 0 Å². The Labute approximate surface area is 81.6 Å². The third kappa shape index (κ3) is 4.43. The Bertz CT molecular complexity index is 168. The minimum absolute atomic E-state index is 0.0232. The second-order valence-electron chi connectivity index (χ2n) is 3.54. The van der Waals surface area contributed by atoms with Crippen molar-refractivity contribution in [3.8, 4) is 0 Å². The lowest BCUT2D eigenvalue weighted by Gasteiger charge is -2.30. The van der Waals surface area contributed by atoms with Gasteiger partial charge in [-0.05, 0) is 26.4 Å². The first-order valence-electron chi connectivity index (χ1n) is 4.75. The van der Waals surface area contributed by atoms with Gasteiger partial charge in [-0.3, -0.25) is 4.79 Å². The predicted molar refractivity (Wildman–Crippen MR) is 55.0 cm³/mol. The normalized spacial score (nSPS) is 13.9. The second-order valence-corrected chi connectivity index (χ2v) is 7.68. The van der Waals surface area contributed by atoms with Crippen LogP contribution in [0.4, 0.5) is 0 Å². The van der Waals surface area contributed by atoms with E-state index in [9.17, 15) is 4.79 Å². The summed E-state index contributed by atoms with van der Waals surface area (Å²) in [4.78, 5) is 10.8. The van der Waals surface area contributed by atoms with E-state index in [1.807, 2.05) is 13.8 Å². The van der Waals surface area contributed by atoms with Crippen LogP contribution in [0.1, 0.15) is 27.2 Å². The van der Waals surface area contributed by atoms with Crippen molar-refractivity contribution < 1.29 is 14.0 Å². The molecule has 78 valence electrons. The summed E-state index contributed by atoms with van der Waals surface area (Å²) in [5.74, 6) is -0.216. The Kier molecular flexibility index (Phi) is 5.25. The quantitative estimate of drug-likeness (QED) is 0.508. The lowest BCUT2D eigenvalue weighted by Crippen LogP contribution is -2.46. The van der Waals surface area contributed by atoms with Gasteiger partial charge in [-0.1, -0.05) is 6.92 Å². The maximum Gasteiger partial charge on any atom is 0.302 e. The van der Waals surface area contributed by atoms with E-state index in [0.717, 1.165) is 6.42 Å². The Morgan fingerprint density at radius 3 is 2.23 bits per heavy atom. The van der Waals surface area contributed by atoms with Gasteiger partial charge in [-0.2, -0.15) is 0 Å². The lowest BCUT2D eigenvalue weighted by molar-refractivity contribution is -0.143. The molecule has 1 unspecified atom stereocenters. The van der Waals surface area contributed by atoms with Crippen LogP contribution in [0, 0.1) is 0 Å². The van der Waals surface area contributed by atoms with E-state index in [0.29, 0.717) is 6.61 Å². The predicted octanol–water partition coefficient (Wildman–Crippen LogP) is 2.11. The van der Waals surface area contributed by atoms with Crippen LogP contribution in [0.15, 0.2) is 0 Å². The summed E-state index contributed by atoms with van der Waals surface area (Å²) in [5, 5.41) is 0. The van der Waals surface area contributed by atoms with Gasteiger partial charge < -0.3 is 9.16 Å². The van der Waals surface area contributed by atoms with E-state index in [1.165, 1.54) is 6.92 Å². The summed E-state index contributed by atoms with van der Waals surface area (Å²) < 4.78 is 10.9. The molecule has 0 aromatic heterocycles. The molecule has 0 saturated heterocycles. The monoisotopic (exact) mass is 204 g/mol. The Morgan fingerprint density at radius 2 is 1.92 bits per heavy atom. The van der Waals surface area contributed by atoms with Crippen molar-refractivity contribution in [2.45, 2.75) is 46.0 Å². The van der Waals surface area contributed by atoms with Crippen LogP contribution in [0.2, 0.25) is 13.1 Å². The van der Waals surface area contributed by atoms with Crippen LogP contribution in [-0.2, 0) is 14.0 Å².